The number of alkyl halides is 6. The molecule has 1 unspecified atom stereocenters. The zero-order valence-corrected chi connectivity index (χ0v) is 8.44. The van der Waals surface area contributed by atoms with Crippen LogP contribution in [0.2, 0.25) is 0 Å². The van der Waals surface area contributed by atoms with Crippen LogP contribution in [0.4, 0.5) is 26.3 Å². The highest BCUT2D eigenvalue weighted by Crippen LogP contribution is 2.46. The van der Waals surface area contributed by atoms with Gasteiger partial charge in [0.25, 0.3) is 12.1 Å². The summed E-state index contributed by atoms with van der Waals surface area (Å²) in [4.78, 5) is 0. The quantitative estimate of drug-likeness (QED) is 0.704. The van der Waals surface area contributed by atoms with Gasteiger partial charge in [0.15, 0.2) is 0 Å². The molecule has 0 saturated carbocycles. The van der Waals surface area contributed by atoms with Crippen LogP contribution in [-0.4, -0.2) is 12.6 Å². The van der Waals surface area contributed by atoms with Crippen molar-refractivity contribution >= 4 is 6.08 Å². The van der Waals surface area contributed by atoms with E-state index in [1.807, 2.05) is 0 Å². The summed E-state index contributed by atoms with van der Waals surface area (Å²) in [5.41, 5.74) is -5.36. The lowest BCUT2D eigenvalue weighted by atomic mass is 9.94. The third-order valence-corrected chi connectivity index (χ3v) is 2.28. The topological polar surface area (TPSA) is 0 Å². The molecule has 0 aliphatic rings. The molecule has 6 heteroatoms. The summed E-state index contributed by atoms with van der Waals surface area (Å²) in [7, 11) is 0. The van der Waals surface area contributed by atoms with E-state index < -0.39 is 23.8 Å². The van der Waals surface area contributed by atoms with Gasteiger partial charge in [0.1, 0.15) is 0 Å². The van der Waals surface area contributed by atoms with Crippen molar-refractivity contribution in [1.29, 1.82) is 0 Å². The van der Waals surface area contributed by atoms with Gasteiger partial charge >= 0.3 is 6.18 Å². The lowest BCUT2D eigenvalue weighted by Gasteiger charge is -2.27. The first-order valence-corrected chi connectivity index (χ1v) is 4.50. The van der Waals surface area contributed by atoms with Gasteiger partial charge < -0.3 is 0 Å². The summed E-state index contributed by atoms with van der Waals surface area (Å²) >= 11 is 0. The summed E-state index contributed by atoms with van der Waals surface area (Å²) in [5, 5.41) is 0. The Labute approximate surface area is 93.6 Å². The Kier molecular flexibility index (Phi) is 3.54. The van der Waals surface area contributed by atoms with Gasteiger partial charge in [-0.2, -0.15) is 13.2 Å². The SMILES string of the molecule is C=Cc1ccc(C(F)(C(F)F)C(F)(F)F)cc1. The molecular weight excluding hydrogens is 246 g/mol. The molecule has 1 rings (SSSR count). The van der Waals surface area contributed by atoms with E-state index >= 15 is 0 Å². The standard InChI is InChI=1S/C11H8F6/c1-2-7-3-5-8(6-4-7)10(14,9(12)13)11(15,16)17/h2-6,9H,1H2. The van der Waals surface area contributed by atoms with Gasteiger partial charge in [-0.15, -0.1) is 0 Å². The van der Waals surface area contributed by atoms with Crippen LogP contribution in [0.25, 0.3) is 6.08 Å². The minimum absolute atomic E-state index is 0.410. The molecule has 0 spiro atoms. The first-order valence-electron chi connectivity index (χ1n) is 4.50. The van der Waals surface area contributed by atoms with Gasteiger partial charge in [-0.3, -0.25) is 0 Å². The van der Waals surface area contributed by atoms with E-state index in [-0.39, 0.29) is 0 Å². The van der Waals surface area contributed by atoms with Crippen molar-refractivity contribution in [3.05, 3.63) is 42.0 Å². The highest BCUT2D eigenvalue weighted by molar-refractivity contribution is 5.48. The van der Waals surface area contributed by atoms with Crippen molar-refractivity contribution in [3.8, 4) is 0 Å². The van der Waals surface area contributed by atoms with E-state index in [9.17, 15) is 26.3 Å². The average Bonchev–Trinajstić information content (AvgIpc) is 2.26. The maximum Gasteiger partial charge on any atom is 0.432 e. The average molecular weight is 254 g/mol. The molecule has 0 fully saturated rings. The third kappa shape index (κ3) is 2.30. The maximum atomic E-state index is 13.5. The molecule has 1 atom stereocenters. The van der Waals surface area contributed by atoms with Crippen molar-refractivity contribution in [3.63, 3.8) is 0 Å². The summed E-state index contributed by atoms with van der Waals surface area (Å²) < 4.78 is 75.2. The summed E-state index contributed by atoms with van der Waals surface area (Å²) in [6.45, 7) is 3.34. The number of halogens is 6. The zero-order valence-electron chi connectivity index (χ0n) is 8.44. The summed E-state index contributed by atoms with van der Waals surface area (Å²) in [6.07, 6.45) is -8.55. The van der Waals surface area contributed by atoms with Gasteiger partial charge in [-0.05, 0) is 5.56 Å². The molecule has 0 heterocycles. The molecule has 17 heavy (non-hydrogen) atoms. The Bertz CT molecular complexity index is 391. The first-order chi connectivity index (χ1) is 7.73. The van der Waals surface area contributed by atoms with Gasteiger partial charge in [-0.1, -0.05) is 36.9 Å². The van der Waals surface area contributed by atoms with Gasteiger partial charge in [0.05, 0.1) is 0 Å². The highest BCUT2D eigenvalue weighted by Gasteiger charge is 2.63. The van der Waals surface area contributed by atoms with E-state index in [0.29, 0.717) is 17.7 Å². The fraction of sp³-hybridized carbons (Fsp3) is 0.273. The van der Waals surface area contributed by atoms with Gasteiger partial charge in [-0.25, -0.2) is 13.2 Å². The molecule has 0 saturated heterocycles. The van der Waals surface area contributed by atoms with Crippen molar-refractivity contribution in [1.82, 2.24) is 0 Å². The molecule has 0 bridgehead atoms. The summed E-state index contributed by atoms with van der Waals surface area (Å²) in [6, 6.07) is 3.53. The molecular formula is C11H8F6. The predicted molar refractivity (Wildman–Crippen MR) is 51.4 cm³/mol. The van der Waals surface area contributed by atoms with E-state index in [4.69, 9.17) is 0 Å². The Morgan fingerprint density at radius 2 is 1.47 bits per heavy atom. The third-order valence-electron chi connectivity index (χ3n) is 2.28. The normalized spacial score (nSPS) is 15.7. The van der Waals surface area contributed by atoms with Crippen molar-refractivity contribution in [2.45, 2.75) is 18.3 Å². The van der Waals surface area contributed by atoms with Crippen LogP contribution >= 0.6 is 0 Å². The second kappa shape index (κ2) is 4.43. The van der Waals surface area contributed by atoms with Crippen molar-refractivity contribution < 1.29 is 26.3 Å². The Morgan fingerprint density at radius 3 is 1.76 bits per heavy atom. The van der Waals surface area contributed by atoms with Crippen LogP contribution in [0.15, 0.2) is 30.8 Å². The van der Waals surface area contributed by atoms with Crippen LogP contribution in [0.1, 0.15) is 11.1 Å². The van der Waals surface area contributed by atoms with E-state index in [1.165, 1.54) is 6.08 Å². The second-order valence-electron chi connectivity index (χ2n) is 3.34. The second-order valence-corrected chi connectivity index (χ2v) is 3.34. The molecule has 94 valence electrons. The van der Waals surface area contributed by atoms with Crippen LogP contribution in [0.5, 0.6) is 0 Å². The molecule has 0 amide bonds. The minimum atomic E-state index is -5.67. The highest BCUT2D eigenvalue weighted by atomic mass is 19.4. The number of rotatable bonds is 3. The van der Waals surface area contributed by atoms with E-state index in [2.05, 4.69) is 6.58 Å². The smallest absolute Gasteiger partial charge is 0.222 e. The number of hydrogen-bond acceptors (Lipinski definition) is 0. The molecule has 1 aromatic carbocycles. The first kappa shape index (κ1) is 13.6. The molecule has 0 aromatic heterocycles. The molecule has 0 aliphatic heterocycles. The van der Waals surface area contributed by atoms with Gasteiger partial charge in [0, 0.05) is 5.56 Å². The van der Waals surface area contributed by atoms with Gasteiger partial charge in [0.2, 0.25) is 0 Å². The van der Waals surface area contributed by atoms with E-state index in [0.717, 1.165) is 12.1 Å². The largest absolute Gasteiger partial charge is 0.432 e. The molecule has 0 N–H and O–H groups in total. The van der Waals surface area contributed by atoms with Crippen LogP contribution < -0.4 is 0 Å². The maximum absolute atomic E-state index is 13.5. The monoisotopic (exact) mass is 254 g/mol. The Morgan fingerprint density at radius 1 is 1.00 bits per heavy atom. The van der Waals surface area contributed by atoms with Crippen molar-refractivity contribution in [2.24, 2.45) is 0 Å². The summed E-state index contributed by atoms with van der Waals surface area (Å²) in [5.74, 6) is 0. The Balaban J connectivity index is 3.28. The Hall–Kier alpha value is -1.46. The molecule has 0 aliphatic carbocycles. The fourth-order valence-corrected chi connectivity index (χ4v) is 1.28. The van der Waals surface area contributed by atoms with Crippen LogP contribution in [0, 0.1) is 0 Å². The molecule has 0 nitrogen and oxygen atoms in total. The minimum Gasteiger partial charge on any atom is -0.222 e. The van der Waals surface area contributed by atoms with Crippen LogP contribution in [0.3, 0.4) is 0 Å². The fourth-order valence-electron chi connectivity index (χ4n) is 1.28. The zero-order chi connectivity index (χ0) is 13.3. The lowest BCUT2D eigenvalue weighted by molar-refractivity contribution is -0.274. The van der Waals surface area contributed by atoms with Crippen LogP contribution in [-0.2, 0) is 5.67 Å². The molecule has 0 radical (unpaired) electrons. The van der Waals surface area contributed by atoms with Crippen molar-refractivity contribution in [2.75, 3.05) is 0 Å². The predicted octanol–water partition coefficient (Wildman–Crippen LogP) is 4.32. The number of hydrogen-bond donors (Lipinski definition) is 0. The lowest BCUT2D eigenvalue weighted by Crippen LogP contribution is -2.44. The number of benzene rings is 1. The van der Waals surface area contributed by atoms with E-state index in [1.54, 1.807) is 0 Å². The molecule has 1 aromatic rings.